The lowest BCUT2D eigenvalue weighted by molar-refractivity contribution is 0.102. The van der Waals surface area contributed by atoms with E-state index in [4.69, 9.17) is 11.6 Å². The maximum absolute atomic E-state index is 12.9. The predicted molar refractivity (Wildman–Crippen MR) is 113 cm³/mol. The van der Waals surface area contributed by atoms with Gasteiger partial charge in [-0.25, -0.2) is 4.98 Å². The second-order valence-corrected chi connectivity index (χ2v) is 7.98. The summed E-state index contributed by atoms with van der Waals surface area (Å²) in [6, 6.07) is 17.3. The SMILES string of the molecule is Cc1cnc(NC(=O)c2cn(Cc3ccccc3)nc2-c2ccc(Cl)cc2)s1. The molecular formula is C21H17ClN4OS. The van der Waals surface area contributed by atoms with Crippen molar-refractivity contribution in [2.75, 3.05) is 5.32 Å². The lowest BCUT2D eigenvalue weighted by Crippen LogP contribution is -2.12. The molecule has 0 spiro atoms. The van der Waals surface area contributed by atoms with Crippen molar-refractivity contribution < 1.29 is 4.79 Å². The maximum atomic E-state index is 12.9. The number of thiazole rings is 1. The Balaban J connectivity index is 1.69. The fourth-order valence-corrected chi connectivity index (χ4v) is 3.62. The zero-order valence-electron chi connectivity index (χ0n) is 15.1. The first kappa shape index (κ1) is 18.4. The Kier molecular flexibility index (Phi) is 5.23. The van der Waals surface area contributed by atoms with Gasteiger partial charge in [-0.05, 0) is 24.6 Å². The van der Waals surface area contributed by atoms with Crippen molar-refractivity contribution in [1.29, 1.82) is 0 Å². The number of carbonyl (C=O) groups is 1. The van der Waals surface area contributed by atoms with E-state index >= 15 is 0 Å². The third-order valence-electron chi connectivity index (χ3n) is 4.15. The highest BCUT2D eigenvalue weighted by Crippen LogP contribution is 2.26. The maximum Gasteiger partial charge on any atom is 0.261 e. The van der Waals surface area contributed by atoms with Crippen LogP contribution in [0.3, 0.4) is 0 Å². The van der Waals surface area contributed by atoms with Gasteiger partial charge in [0, 0.05) is 27.9 Å². The number of halogens is 1. The highest BCUT2D eigenvalue weighted by molar-refractivity contribution is 7.15. The van der Waals surface area contributed by atoms with E-state index < -0.39 is 0 Å². The van der Waals surface area contributed by atoms with E-state index in [1.165, 1.54) is 11.3 Å². The second kappa shape index (κ2) is 7.96. The number of aryl methyl sites for hydroxylation is 1. The van der Waals surface area contributed by atoms with Crippen LogP contribution in [0.25, 0.3) is 11.3 Å². The molecule has 0 radical (unpaired) electrons. The summed E-state index contributed by atoms with van der Waals surface area (Å²) in [5.74, 6) is -0.237. The standard InChI is InChI=1S/C21H17ClN4OS/c1-14-11-23-21(28-14)24-20(27)18-13-26(12-15-5-3-2-4-6-15)25-19(18)16-7-9-17(22)10-8-16/h2-11,13H,12H2,1H3,(H,23,24,27). The number of nitrogens with zero attached hydrogens (tertiary/aromatic N) is 3. The van der Waals surface area contributed by atoms with Gasteiger partial charge >= 0.3 is 0 Å². The molecule has 4 aromatic rings. The van der Waals surface area contributed by atoms with Gasteiger partial charge in [-0.1, -0.05) is 54.1 Å². The molecule has 2 heterocycles. The zero-order valence-corrected chi connectivity index (χ0v) is 16.7. The van der Waals surface area contributed by atoms with Crippen molar-refractivity contribution in [2.45, 2.75) is 13.5 Å². The summed E-state index contributed by atoms with van der Waals surface area (Å²) in [4.78, 5) is 18.2. The second-order valence-electron chi connectivity index (χ2n) is 6.31. The Hall–Kier alpha value is -2.96. The van der Waals surface area contributed by atoms with Crippen LogP contribution in [0, 0.1) is 6.92 Å². The number of hydrogen-bond donors (Lipinski definition) is 1. The first-order chi connectivity index (χ1) is 13.6. The van der Waals surface area contributed by atoms with Crippen LogP contribution >= 0.6 is 22.9 Å². The van der Waals surface area contributed by atoms with Crippen molar-refractivity contribution in [2.24, 2.45) is 0 Å². The van der Waals surface area contributed by atoms with E-state index in [0.29, 0.717) is 28.0 Å². The van der Waals surface area contributed by atoms with Crippen LogP contribution in [0.4, 0.5) is 5.13 Å². The third-order valence-corrected chi connectivity index (χ3v) is 5.23. The summed E-state index contributed by atoms with van der Waals surface area (Å²) >= 11 is 7.45. The van der Waals surface area contributed by atoms with Gasteiger partial charge in [0.25, 0.3) is 5.91 Å². The number of rotatable bonds is 5. The number of anilines is 1. The molecule has 0 fully saturated rings. The quantitative estimate of drug-likeness (QED) is 0.489. The smallest absolute Gasteiger partial charge is 0.261 e. The molecule has 2 aromatic heterocycles. The average Bonchev–Trinajstić information content (AvgIpc) is 3.29. The van der Waals surface area contributed by atoms with Crippen LogP contribution in [-0.4, -0.2) is 20.7 Å². The van der Waals surface area contributed by atoms with Gasteiger partial charge in [-0.2, -0.15) is 5.10 Å². The molecule has 0 saturated carbocycles. The number of amides is 1. The van der Waals surface area contributed by atoms with Crippen LogP contribution in [0.5, 0.6) is 0 Å². The molecule has 0 saturated heterocycles. The molecule has 1 amide bonds. The summed E-state index contributed by atoms with van der Waals surface area (Å²) in [6.45, 7) is 2.52. The van der Waals surface area contributed by atoms with E-state index in [9.17, 15) is 4.79 Å². The van der Waals surface area contributed by atoms with Crippen LogP contribution in [0.1, 0.15) is 20.8 Å². The van der Waals surface area contributed by atoms with Crippen molar-refractivity contribution in [3.63, 3.8) is 0 Å². The Morgan fingerprint density at radius 2 is 1.89 bits per heavy atom. The van der Waals surface area contributed by atoms with Gasteiger partial charge in [0.2, 0.25) is 0 Å². The van der Waals surface area contributed by atoms with Gasteiger partial charge in [-0.3, -0.25) is 14.8 Å². The van der Waals surface area contributed by atoms with Crippen molar-refractivity contribution in [1.82, 2.24) is 14.8 Å². The lowest BCUT2D eigenvalue weighted by atomic mass is 10.1. The first-order valence-electron chi connectivity index (χ1n) is 8.69. The van der Waals surface area contributed by atoms with Crippen molar-refractivity contribution in [3.8, 4) is 11.3 Å². The Morgan fingerprint density at radius 1 is 1.14 bits per heavy atom. The molecule has 0 unspecified atom stereocenters. The molecule has 0 aliphatic heterocycles. The minimum Gasteiger partial charge on any atom is -0.298 e. The van der Waals surface area contributed by atoms with Gasteiger partial charge in [0.1, 0.15) is 5.69 Å². The number of nitrogens with one attached hydrogen (secondary N) is 1. The number of aromatic nitrogens is 3. The molecule has 0 aliphatic rings. The minimum absolute atomic E-state index is 0.237. The van der Waals surface area contributed by atoms with Crippen LogP contribution in [-0.2, 0) is 6.54 Å². The molecule has 140 valence electrons. The summed E-state index contributed by atoms with van der Waals surface area (Å²) < 4.78 is 1.78. The first-order valence-corrected chi connectivity index (χ1v) is 9.89. The topological polar surface area (TPSA) is 59.8 Å². The molecule has 1 N–H and O–H groups in total. The van der Waals surface area contributed by atoms with E-state index in [2.05, 4.69) is 15.4 Å². The van der Waals surface area contributed by atoms with Gasteiger partial charge in [0.05, 0.1) is 12.1 Å². The predicted octanol–water partition coefficient (Wildman–Crippen LogP) is 5.27. The highest BCUT2D eigenvalue weighted by atomic mass is 35.5. The number of hydrogen-bond acceptors (Lipinski definition) is 4. The minimum atomic E-state index is -0.237. The normalized spacial score (nSPS) is 10.8. The molecule has 5 nitrogen and oxygen atoms in total. The third kappa shape index (κ3) is 4.13. The Morgan fingerprint density at radius 3 is 2.57 bits per heavy atom. The summed E-state index contributed by atoms with van der Waals surface area (Å²) in [5.41, 5.74) is 3.04. The van der Waals surface area contributed by atoms with Gasteiger partial charge in [-0.15, -0.1) is 11.3 Å². The van der Waals surface area contributed by atoms with Gasteiger partial charge < -0.3 is 0 Å². The highest BCUT2D eigenvalue weighted by Gasteiger charge is 2.19. The monoisotopic (exact) mass is 408 g/mol. The zero-order chi connectivity index (χ0) is 19.5. The van der Waals surface area contributed by atoms with Crippen LogP contribution < -0.4 is 5.32 Å². The molecule has 0 bridgehead atoms. The molecule has 0 atom stereocenters. The largest absolute Gasteiger partial charge is 0.298 e. The van der Waals surface area contributed by atoms with Crippen LogP contribution in [0.15, 0.2) is 67.0 Å². The number of benzene rings is 2. The fourth-order valence-electron chi connectivity index (χ4n) is 2.84. The van der Waals surface area contributed by atoms with E-state index in [0.717, 1.165) is 16.0 Å². The molecule has 28 heavy (non-hydrogen) atoms. The molecule has 7 heteroatoms. The summed E-state index contributed by atoms with van der Waals surface area (Å²) in [7, 11) is 0. The lowest BCUT2D eigenvalue weighted by Gasteiger charge is -2.03. The van der Waals surface area contributed by atoms with E-state index in [1.807, 2.05) is 49.4 Å². The molecular weight excluding hydrogens is 392 g/mol. The molecule has 0 aliphatic carbocycles. The summed E-state index contributed by atoms with van der Waals surface area (Å²) in [5, 5.41) is 8.74. The Labute approximate surface area is 171 Å². The molecule has 4 rings (SSSR count). The number of carbonyl (C=O) groups excluding carboxylic acids is 1. The molecule has 2 aromatic carbocycles. The summed E-state index contributed by atoms with van der Waals surface area (Å²) in [6.07, 6.45) is 3.51. The van der Waals surface area contributed by atoms with Crippen molar-refractivity contribution in [3.05, 3.63) is 88.0 Å². The van der Waals surface area contributed by atoms with E-state index in [1.54, 1.807) is 29.2 Å². The van der Waals surface area contributed by atoms with Crippen LogP contribution in [0.2, 0.25) is 5.02 Å². The fraction of sp³-hybridized carbons (Fsp3) is 0.0952. The average molecular weight is 409 g/mol. The van der Waals surface area contributed by atoms with Crippen molar-refractivity contribution >= 4 is 34.0 Å². The van der Waals surface area contributed by atoms with Gasteiger partial charge in [0.15, 0.2) is 5.13 Å². The Bertz CT molecular complexity index is 1100. The van der Waals surface area contributed by atoms with E-state index in [-0.39, 0.29) is 5.91 Å².